The van der Waals surface area contributed by atoms with E-state index in [1.54, 1.807) is 12.4 Å². The Hall–Kier alpha value is -5.55. The Morgan fingerprint density at radius 2 is 1.02 bits per heavy atom. The Morgan fingerprint density at radius 1 is 0.425 bits per heavy atom. The molecule has 0 radical (unpaired) electrons. The maximum Gasteiger partial charge on any atom is 0.0994 e. The molecule has 4 aromatic heterocycles. The molecule has 0 amide bonds. The SMILES string of the molecule is c1ccc(-n2c3ccccc3c3c4nccnc4c4c5ccccc5n(-c5cccc6ncccc56)c4c32)cc1. The molecule has 0 saturated carbocycles. The van der Waals surface area contributed by atoms with Crippen molar-refractivity contribution >= 4 is 65.5 Å². The van der Waals surface area contributed by atoms with E-state index in [1.165, 1.54) is 0 Å². The molecule has 9 rings (SSSR count). The van der Waals surface area contributed by atoms with Crippen LogP contribution in [0.25, 0.3) is 76.9 Å². The molecule has 9 aromatic rings. The second-order valence-electron chi connectivity index (χ2n) is 10.1. The summed E-state index contributed by atoms with van der Waals surface area (Å²) < 4.78 is 4.79. The van der Waals surface area contributed by atoms with Crippen molar-refractivity contribution in [3.05, 3.63) is 128 Å². The normalized spacial score (nSPS) is 12.0. The monoisotopic (exact) mass is 511 g/mol. The largest absolute Gasteiger partial charge is 0.307 e. The molecule has 0 unspecified atom stereocenters. The zero-order valence-corrected chi connectivity index (χ0v) is 21.4. The average molecular weight is 512 g/mol. The van der Waals surface area contributed by atoms with Gasteiger partial charge in [0.15, 0.2) is 0 Å². The molecule has 4 heterocycles. The Bertz CT molecular complexity index is 2430. The summed E-state index contributed by atoms with van der Waals surface area (Å²) in [6.07, 6.45) is 5.46. The molecule has 5 nitrogen and oxygen atoms in total. The minimum absolute atomic E-state index is 0.911. The number of benzene rings is 5. The Kier molecular flexibility index (Phi) is 4.27. The van der Waals surface area contributed by atoms with E-state index in [0.717, 1.165) is 76.9 Å². The van der Waals surface area contributed by atoms with Crippen LogP contribution in [0.3, 0.4) is 0 Å². The lowest BCUT2D eigenvalue weighted by Gasteiger charge is -2.14. The van der Waals surface area contributed by atoms with E-state index in [1.807, 2.05) is 12.3 Å². The van der Waals surface area contributed by atoms with Crippen LogP contribution < -0.4 is 0 Å². The van der Waals surface area contributed by atoms with Crippen molar-refractivity contribution in [2.75, 3.05) is 0 Å². The minimum atomic E-state index is 0.911. The van der Waals surface area contributed by atoms with Gasteiger partial charge in [-0.2, -0.15) is 0 Å². The van der Waals surface area contributed by atoms with Crippen LogP contribution in [0.2, 0.25) is 0 Å². The molecule has 0 N–H and O–H groups in total. The quantitative estimate of drug-likeness (QED) is 0.234. The van der Waals surface area contributed by atoms with Crippen molar-refractivity contribution in [3.8, 4) is 11.4 Å². The molecular formula is C35H21N5. The molecule has 5 aromatic carbocycles. The summed E-state index contributed by atoms with van der Waals surface area (Å²) in [5, 5.41) is 5.62. The first kappa shape index (κ1) is 21.4. The molecule has 40 heavy (non-hydrogen) atoms. The zero-order valence-electron chi connectivity index (χ0n) is 21.4. The molecule has 0 aliphatic carbocycles. The van der Waals surface area contributed by atoms with Crippen molar-refractivity contribution in [2.45, 2.75) is 0 Å². The predicted molar refractivity (Wildman–Crippen MR) is 164 cm³/mol. The number of rotatable bonds is 2. The fraction of sp³-hybridized carbons (Fsp3) is 0. The van der Waals surface area contributed by atoms with Crippen LogP contribution in [-0.4, -0.2) is 24.1 Å². The highest BCUT2D eigenvalue weighted by Gasteiger charge is 2.26. The maximum atomic E-state index is 4.97. The van der Waals surface area contributed by atoms with Crippen LogP contribution >= 0.6 is 0 Å². The number of hydrogen-bond donors (Lipinski definition) is 0. The molecular weight excluding hydrogens is 490 g/mol. The third-order valence-corrected chi connectivity index (χ3v) is 8.02. The topological polar surface area (TPSA) is 48.5 Å². The van der Waals surface area contributed by atoms with Crippen LogP contribution in [0.4, 0.5) is 0 Å². The van der Waals surface area contributed by atoms with Gasteiger partial charge in [0.05, 0.1) is 44.3 Å². The number of fused-ring (bicyclic) bond motifs is 11. The van der Waals surface area contributed by atoms with E-state index in [0.29, 0.717) is 0 Å². The van der Waals surface area contributed by atoms with Crippen molar-refractivity contribution in [1.29, 1.82) is 0 Å². The molecule has 0 fully saturated rings. The highest BCUT2D eigenvalue weighted by atomic mass is 15.1. The van der Waals surface area contributed by atoms with Crippen molar-refractivity contribution in [1.82, 2.24) is 24.1 Å². The lowest BCUT2D eigenvalue weighted by atomic mass is 10.1. The van der Waals surface area contributed by atoms with Crippen molar-refractivity contribution < 1.29 is 0 Å². The van der Waals surface area contributed by atoms with Gasteiger partial charge in [-0.3, -0.25) is 15.0 Å². The molecule has 0 aliphatic heterocycles. The van der Waals surface area contributed by atoms with E-state index >= 15 is 0 Å². The van der Waals surface area contributed by atoms with Gasteiger partial charge < -0.3 is 9.13 Å². The minimum Gasteiger partial charge on any atom is -0.307 e. The van der Waals surface area contributed by atoms with Crippen LogP contribution in [-0.2, 0) is 0 Å². The molecule has 186 valence electrons. The lowest BCUT2D eigenvalue weighted by molar-refractivity contribution is 1.15. The average Bonchev–Trinajstić information content (AvgIpc) is 3.55. The summed E-state index contributed by atoms with van der Waals surface area (Å²) in [6.45, 7) is 0. The second-order valence-corrected chi connectivity index (χ2v) is 10.1. The van der Waals surface area contributed by atoms with Crippen molar-refractivity contribution in [3.63, 3.8) is 0 Å². The van der Waals surface area contributed by atoms with Gasteiger partial charge >= 0.3 is 0 Å². The van der Waals surface area contributed by atoms with Crippen LogP contribution in [0, 0.1) is 0 Å². The fourth-order valence-corrected chi connectivity index (χ4v) is 6.49. The van der Waals surface area contributed by atoms with Gasteiger partial charge in [-0.15, -0.1) is 0 Å². The third-order valence-electron chi connectivity index (χ3n) is 8.02. The van der Waals surface area contributed by atoms with Gasteiger partial charge in [0.2, 0.25) is 0 Å². The molecule has 0 aliphatic rings. The van der Waals surface area contributed by atoms with Gasteiger partial charge in [0.1, 0.15) is 0 Å². The van der Waals surface area contributed by atoms with Gasteiger partial charge in [0, 0.05) is 51.2 Å². The van der Waals surface area contributed by atoms with Crippen LogP contribution in [0.1, 0.15) is 0 Å². The number of pyridine rings is 1. The Balaban J connectivity index is 1.67. The lowest BCUT2D eigenvalue weighted by Crippen LogP contribution is -2.00. The molecule has 0 atom stereocenters. The summed E-state index contributed by atoms with van der Waals surface area (Å²) in [6, 6.07) is 38.4. The number of nitrogens with zero attached hydrogens (tertiary/aromatic N) is 5. The highest BCUT2D eigenvalue weighted by molar-refractivity contribution is 6.35. The van der Waals surface area contributed by atoms with E-state index in [2.05, 4.69) is 117 Å². The zero-order chi connectivity index (χ0) is 26.2. The fourth-order valence-electron chi connectivity index (χ4n) is 6.49. The maximum absolute atomic E-state index is 4.97. The van der Waals surface area contributed by atoms with Crippen LogP contribution in [0.15, 0.2) is 128 Å². The first-order valence-electron chi connectivity index (χ1n) is 13.4. The Morgan fingerprint density at radius 3 is 1.75 bits per heavy atom. The first-order valence-corrected chi connectivity index (χ1v) is 13.4. The van der Waals surface area contributed by atoms with E-state index in [9.17, 15) is 0 Å². The number of para-hydroxylation sites is 3. The van der Waals surface area contributed by atoms with Crippen molar-refractivity contribution in [2.24, 2.45) is 0 Å². The first-order chi connectivity index (χ1) is 19.9. The number of aromatic nitrogens is 5. The van der Waals surface area contributed by atoms with E-state index in [4.69, 9.17) is 9.97 Å². The predicted octanol–water partition coefficient (Wildman–Crippen LogP) is 8.37. The smallest absolute Gasteiger partial charge is 0.0994 e. The third kappa shape index (κ3) is 2.73. The summed E-state index contributed by atoms with van der Waals surface area (Å²) in [5.74, 6) is 0. The second kappa shape index (κ2) is 7.98. The van der Waals surface area contributed by atoms with E-state index in [-0.39, 0.29) is 0 Å². The number of hydrogen-bond acceptors (Lipinski definition) is 3. The molecule has 0 bridgehead atoms. The standard InChI is InChI=1S/C35H21N5/c1-2-10-22(11-3-1)39-28-16-6-4-12-24(28)30-32-33(38-21-20-37-32)31-25-13-5-7-17-29(25)40(35(31)34(30)39)27-18-8-15-26-23(27)14-9-19-36-26/h1-21H. The molecule has 5 heteroatoms. The van der Waals surface area contributed by atoms with Gasteiger partial charge in [0.25, 0.3) is 0 Å². The van der Waals surface area contributed by atoms with Gasteiger partial charge in [-0.1, -0.05) is 60.7 Å². The highest BCUT2D eigenvalue weighted by Crippen LogP contribution is 2.45. The molecule has 0 saturated heterocycles. The summed E-state index contributed by atoms with van der Waals surface area (Å²) >= 11 is 0. The van der Waals surface area contributed by atoms with Gasteiger partial charge in [-0.05, 0) is 48.5 Å². The summed E-state index contributed by atoms with van der Waals surface area (Å²) in [5.41, 5.74) is 9.48. The summed E-state index contributed by atoms with van der Waals surface area (Å²) in [7, 11) is 0. The van der Waals surface area contributed by atoms with E-state index < -0.39 is 0 Å². The summed E-state index contributed by atoms with van der Waals surface area (Å²) in [4.78, 5) is 14.6. The Labute approximate surface area is 228 Å². The molecule has 0 spiro atoms. The van der Waals surface area contributed by atoms with Gasteiger partial charge in [-0.25, -0.2) is 0 Å². The van der Waals surface area contributed by atoms with Crippen LogP contribution in [0.5, 0.6) is 0 Å².